The standard InChI is InChI=1S/C28H29N3O4/c1-5-35-22-7-6-20(16-21(22)28(2,3)4)25(32)23-24(19-10-14-30-15-11-19)31(27(34)26(23)33)17-18-8-12-29-13-9-18/h6-16,24,32H,5,17H2,1-4H3/b25-23-. The molecule has 1 aromatic carbocycles. The molecule has 1 aliphatic rings. The average Bonchev–Trinajstić information content (AvgIpc) is 3.09. The van der Waals surface area contributed by atoms with Crippen LogP contribution in [0.2, 0.25) is 0 Å². The van der Waals surface area contributed by atoms with Crippen LogP contribution >= 0.6 is 0 Å². The molecule has 7 nitrogen and oxygen atoms in total. The van der Waals surface area contributed by atoms with Gasteiger partial charge in [-0.05, 0) is 65.9 Å². The summed E-state index contributed by atoms with van der Waals surface area (Å²) in [6, 6.07) is 11.7. The number of amides is 1. The van der Waals surface area contributed by atoms with E-state index < -0.39 is 17.7 Å². The van der Waals surface area contributed by atoms with Gasteiger partial charge in [-0.2, -0.15) is 0 Å². The maximum absolute atomic E-state index is 13.3. The summed E-state index contributed by atoms with van der Waals surface area (Å²) in [6.07, 6.45) is 6.50. The van der Waals surface area contributed by atoms with Gasteiger partial charge < -0.3 is 14.7 Å². The van der Waals surface area contributed by atoms with Gasteiger partial charge in [0, 0.05) is 42.5 Å². The third kappa shape index (κ3) is 4.80. The molecule has 1 aliphatic heterocycles. The minimum Gasteiger partial charge on any atom is -0.507 e. The van der Waals surface area contributed by atoms with Crippen molar-refractivity contribution < 1.29 is 19.4 Å². The molecule has 2 aromatic heterocycles. The van der Waals surface area contributed by atoms with Gasteiger partial charge in [-0.25, -0.2) is 0 Å². The number of carbonyl (C=O) groups excluding carboxylic acids is 2. The lowest BCUT2D eigenvalue weighted by Gasteiger charge is -2.26. The molecule has 180 valence electrons. The van der Waals surface area contributed by atoms with Crippen LogP contribution < -0.4 is 4.74 Å². The van der Waals surface area contributed by atoms with Crippen molar-refractivity contribution in [2.75, 3.05) is 6.61 Å². The van der Waals surface area contributed by atoms with Crippen LogP contribution in [-0.4, -0.2) is 38.3 Å². The van der Waals surface area contributed by atoms with Gasteiger partial charge in [0.2, 0.25) is 0 Å². The van der Waals surface area contributed by atoms with Crippen LogP contribution in [0.5, 0.6) is 5.75 Å². The number of hydrogen-bond acceptors (Lipinski definition) is 6. The molecular weight excluding hydrogens is 442 g/mol. The monoisotopic (exact) mass is 471 g/mol. The first-order valence-corrected chi connectivity index (χ1v) is 11.6. The number of pyridine rings is 2. The van der Waals surface area contributed by atoms with E-state index in [4.69, 9.17) is 4.74 Å². The highest BCUT2D eigenvalue weighted by Gasteiger charge is 2.46. The normalized spacial score (nSPS) is 17.6. The molecule has 3 aromatic rings. The second kappa shape index (κ2) is 9.70. The summed E-state index contributed by atoms with van der Waals surface area (Å²) in [7, 11) is 0. The number of benzene rings is 1. The van der Waals surface area contributed by atoms with Crippen molar-refractivity contribution in [2.45, 2.75) is 45.7 Å². The van der Waals surface area contributed by atoms with Gasteiger partial charge >= 0.3 is 0 Å². The molecule has 1 amide bonds. The summed E-state index contributed by atoms with van der Waals surface area (Å²) < 4.78 is 5.80. The number of carbonyl (C=O) groups is 2. The highest BCUT2D eigenvalue weighted by atomic mass is 16.5. The number of hydrogen-bond donors (Lipinski definition) is 1. The maximum atomic E-state index is 13.3. The predicted molar refractivity (Wildman–Crippen MR) is 133 cm³/mol. The van der Waals surface area contributed by atoms with E-state index in [1.54, 1.807) is 61.2 Å². The largest absolute Gasteiger partial charge is 0.507 e. The van der Waals surface area contributed by atoms with Crippen LogP contribution in [0.4, 0.5) is 0 Å². The van der Waals surface area contributed by atoms with Crippen molar-refractivity contribution in [3.63, 3.8) is 0 Å². The van der Waals surface area contributed by atoms with Gasteiger partial charge in [-0.3, -0.25) is 19.6 Å². The number of aliphatic hydroxyl groups is 1. The number of ether oxygens (including phenoxy) is 1. The minimum atomic E-state index is -0.754. The van der Waals surface area contributed by atoms with Gasteiger partial charge in [-0.15, -0.1) is 0 Å². The Hall–Kier alpha value is -4.00. The van der Waals surface area contributed by atoms with Crippen molar-refractivity contribution >= 4 is 17.4 Å². The highest BCUT2D eigenvalue weighted by molar-refractivity contribution is 6.46. The number of likely N-dealkylation sites (tertiary alicyclic amines) is 1. The van der Waals surface area contributed by atoms with Crippen LogP contribution in [0.15, 0.2) is 72.8 Å². The molecule has 0 radical (unpaired) electrons. The zero-order valence-corrected chi connectivity index (χ0v) is 20.4. The lowest BCUT2D eigenvalue weighted by atomic mass is 9.84. The van der Waals surface area contributed by atoms with E-state index >= 15 is 0 Å². The Labute approximate surface area is 205 Å². The second-order valence-corrected chi connectivity index (χ2v) is 9.46. The van der Waals surface area contributed by atoms with E-state index in [0.717, 1.165) is 16.9 Å². The van der Waals surface area contributed by atoms with Crippen LogP contribution in [0.1, 0.15) is 56.0 Å². The first-order valence-electron chi connectivity index (χ1n) is 11.6. The maximum Gasteiger partial charge on any atom is 0.295 e. The van der Waals surface area contributed by atoms with Crippen LogP contribution in [0.25, 0.3) is 5.76 Å². The van der Waals surface area contributed by atoms with Crippen LogP contribution in [-0.2, 0) is 21.5 Å². The molecule has 7 heteroatoms. The van der Waals surface area contributed by atoms with Gasteiger partial charge in [-0.1, -0.05) is 20.8 Å². The number of aliphatic hydroxyl groups excluding tert-OH is 1. The zero-order valence-electron chi connectivity index (χ0n) is 20.4. The van der Waals surface area contributed by atoms with Crippen molar-refractivity contribution in [3.05, 3.63) is 95.1 Å². The average molecular weight is 472 g/mol. The Morgan fingerprint density at radius 1 is 1.00 bits per heavy atom. The quantitative estimate of drug-likeness (QED) is 0.316. The Morgan fingerprint density at radius 3 is 2.23 bits per heavy atom. The first-order chi connectivity index (χ1) is 16.7. The molecule has 1 atom stereocenters. The fourth-order valence-electron chi connectivity index (χ4n) is 4.32. The third-order valence-corrected chi connectivity index (χ3v) is 6.02. The van der Waals surface area contributed by atoms with Crippen molar-refractivity contribution in [1.29, 1.82) is 0 Å². The number of rotatable bonds is 6. The molecule has 4 rings (SSSR count). The topological polar surface area (TPSA) is 92.6 Å². The summed E-state index contributed by atoms with van der Waals surface area (Å²) in [6.45, 7) is 8.79. The fourth-order valence-corrected chi connectivity index (χ4v) is 4.32. The second-order valence-electron chi connectivity index (χ2n) is 9.46. The van der Waals surface area contributed by atoms with Gasteiger partial charge in [0.1, 0.15) is 11.5 Å². The lowest BCUT2D eigenvalue weighted by molar-refractivity contribution is -0.140. The zero-order chi connectivity index (χ0) is 25.2. The van der Waals surface area contributed by atoms with E-state index in [1.165, 1.54) is 4.90 Å². The van der Waals surface area contributed by atoms with Crippen molar-refractivity contribution in [2.24, 2.45) is 0 Å². The first kappa shape index (κ1) is 24.1. The summed E-state index contributed by atoms with van der Waals surface area (Å²) in [4.78, 5) is 36.1. The van der Waals surface area contributed by atoms with Crippen molar-refractivity contribution in [1.82, 2.24) is 14.9 Å². The molecule has 1 saturated heterocycles. The molecule has 35 heavy (non-hydrogen) atoms. The number of nitrogens with zero attached hydrogens (tertiary/aromatic N) is 3. The number of Topliss-reactive ketones (excluding diaryl/α,β-unsaturated/α-hetero) is 1. The molecule has 1 N–H and O–H groups in total. The van der Waals surface area contributed by atoms with Crippen LogP contribution in [0.3, 0.4) is 0 Å². The highest BCUT2D eigenvalue weighted by Crippen LogP contribution is 2.41. The van der Waals surface area contributed by atoms with Gasteiger partial charge in [0.25, 0.3) is 11.7 Å². The Kier molecular flexibility index (Phi) is 6.69. The van der Waals surface area contributed by atoms with E-state index in [-0.39, 0.29) is 23.3 Å². The summed E-state index contributed by atoms with van der Waals surface area (Å²) in [5, 5.41) is 11.4. The molecule has 0 bridgehead atoms. The summed E-state index contributed by atoms with van der Waals surface area (Å²) in [5.74, 6) is -0.868. The smallest absolute Gasteiger partial charge is 0.295 e. The predicted octanol–water partition coefficient (Wildman–Crippen LogP) is 4.79. The molecule has 1 unspecified atom stereocenters. The summed E-state index contributed by atoms with van der Waals surface area (Å²) in [5.41, 5.74) is 2.67. The summed E-state index contributed by atoms with van der Waals surface area (Å²) >= 11 is 0. The van der Waals surface area contributed by atoms with Gasteiger partial charge in [0.05, 0.1) is 18.2 Å². The van der Waals surface area contributed by atoms with E-state index in [1.807, 2.05) is 13.0 Å². The Balaban J connectivity index is 1.87. The van der Waals surface area contributed by atoms with Crippen molar-refractivity contribution in [3.8, 4) is 5.75 Å². The minimum absolute atomic E-state index is 0.0549. The SMILES string of the molecule is CCOc1ccc(/C(O)=C2/C(=O)C(=O)N(Cc3ccncc3)C2c2ccncc2)cc1C(C)(C)C. The lowest BCUT2D eigenvalue weighted by Crippen LogP contribution is -2.29. The van der Waals surface area contributed by atoms with Gasteiger partial charge in [0.15, 0.2) is 0 Å². The molecular formula is C28H29N3O4. The molecule has 3 heterocycles. The molecule has 0 spiro atoms. The van der Waals surface area contributed by atoms with Crippen LogP contribution in [0, 0.1) is 0 Å². The number of aromatic nitrogens is 2. The van der Waals surface area contributed by atoms with E-state index in [0.29, 0.717) is 17.7 Å². The molecule has 1 fully saturated rings. The molecule has 0 saturated carbocycles. The van der Waals surface area contributed by atoms with E-state index in [9.17, 15) is 14.7 Å². The fraction of sp³-hybridized carbons (Fsp3) is 0.286. The number of ketones is 1. The Morgan fingerprint density at radius 2 is 1.63 bits per heavy atom. The van der Waals surface area contributed by atoms with E-state index in [2.05, 4.69) is 30.7 Å². The molecule has 0 aliphatic carbocycles. The Bertz CT molecular complexity index is 1260. The third-order valence-electron chi connectivity index (χ3n) is 6.02.